The third-order valence-electron chi connectivity index (χ3n) is 21.6. The van der Waals surface area contributed by atoms with Gasteiger partial charge in [-0.25, -0.2) is 0 Å². The molecule has 0 spiro atoms. The molecule has 9 N–H and O–H groups in total. The van der Waals surface area contributed by atoms with Gasteiger partial charge in [0.25, 0.3) is 0 Å². The van der Waals surface area contributed by atoms with Crippen LogP contribution in [0.4, 0.5) is 0 Å². The Kier molecular flexibility index (Phi) is 19.4. The molecule has 8 fully saturated rings. The Morgan fingerprint density at radius 1 is 0.676 bits per heavy atom. The lowest BCUT2D eigenvalue weighted by Crippen LogP contribution is -2.64. The lowest BCUT2D eigenvalue weighted by molar-refractivity contribution is -0.428. The van der Waals surface area contributed by atoms with Crippen molar-refractivity contribution < 1.29 is 64.7 Å². The van der Waals surface area contributed by atoms with Gasteiger partial charge in [0.1, 0.15) is 23.8 Å². The summed E-state index contributed by atoms with van der Waals surface area (Å²) in [7, 11) is 0. The Bertz CT molecular complexity index is 1940. The van der Waals surface area contributed by atoms with Crippen LogP contribution in [0.25, 0.3) is 0 Å². The number of quaternary nitrogens is 1. The van der Waals surface area contributed by atoms with E-state index in [2.05, 4.69) is 60.4 Å². The molecule has 0 amide bonds. The van der Waals surface area contributed by atoms with Crippen LogP contribution in [0.15, 0.2) is 25.3 Å². The molecule has 0 heterocycles. The Hall–Kier alpha value is -2.31. The number of hydrogen-bond donors (Lipinski definition) is 6. The molecule has 16 heteroatoms. The minimum Gasteiger partial charge on any atom is -0.550 e. The zero-order valence-electron chi connectivity index (χ0n) is 46.2. The third kappa shape index (κ3) is 11.4. The minimum atomic E-state index is -1.08. The number of carboxylic acid groups (broad SMARTS) is 1. The molecule has 0 radical (unpaired) electrons. The molecule has 14 nitrogen and oxygen atoms in total. The molecular formula is C58H94N2O12S2. The van der Waals surface area contributed by atoms with Gasteiger partial charge in [0.2, 0.25) is 0 Å². The number of hydrogen-bond acceptors (Lipinski definition) is 15. The van der Waals surface area contributed by atoms with E-state index in [-0.39, 0.29) is 104 Å². The second-order valence-corrected chi connectivity index (χ2v) is 28.2. The van der Waals surface area contributed by atoms with E-state index in [1.165, 1.54) is 23.5 Å². The summed E-state index contributed by atoms with van der Waals surface area (Å²) in [6.45, 7) is 26.1. The van der Waals surface area contributed by atoms with Gasteiger partial charge in [0.05, 0.1) is 42.0 Å². The number of aliphatic carboxylic acids is 1. The number of carbonyl (C=O) groups is 5. The fourth-order valence-electron chi connectivity index (χ4n) is 16.5. The van der Waals surface area contributed by atoms with E-state index >= 15 is 0 Å². The molecule has 22 atom stereocenters. The first-order valence-electron chi connectivity index (χ1n) is 27.9. The molecule has 0 aromatic carbocycles. The smallest absolute Gasteiger partial charge is 0.316 e. The van der Waals surface area contributed by atoms with Crippen LogP contribution in [0.5, 0.6) is 0 Å². The van der Waals surface area contributed by atoms with Gasteiger partial charge in [-0.3, -0.25) is 19.2 Å². The molecule has 0 saturated heterocycles. The predicted molar refractivity (Wildman–Crippen MR) is 287 cm³/mol. The Morgan fingerprint density at radius 2 is 1.05 bits per heavy atom. The molecule has 2 unspecified atom stereocenters. The molecule has 74 heavy (non-hydrogen) atoms. The SMILES string of the molecule is C=C[C@]1(C)C[C@@H](OC(=O)CS[C@@H]2CC[C@@H](N)C[C@H]2O)[C@]2(C)C(C)CC[C@]3(CCC(=O)[C@H]32)[C@@H](C)[C@@H]1O.C=C[C@]1(C)C[C@@H](OC(=O)CS[C@@H]2CC[C@@H]([NH3+])C[C@H]2O)[C@]2(C)C(C)CC[C@]3(CCC(=O)[C@H]32)[C@@H](C)[C@@H]1O.CC(=O)[O-]. The first-order valence-corrected chi connectivity index (χ1v) is 30.0. The molecule has 420 valence electrons. The largest absolute Gasteiger partial charge is 0.550 e. The summed E-state index contributed by atoms with van der Waals surface area (Å²) in [5.74, 6) is -0.900. The number of rotatable bonds is 10. The van der Waals surface area contributed by atoms with Crippen molar-refractivity contribution in [3.8, 4) is 0 Å². The van der Waals surface area contributed by atoms with E-state index in [9.17, 15) is 39.6 Å². The highest BCUT2D eigenvalue weighted by atomic mass is 32.2. The van der Waals surface area contributed by atoms with Crippen molar-refractivity contribution in [2.24, 2.45) is 73.7 Å². The Morgan fingerprint density at radius 3 is 1.42 bits per heavy atom. The van der Waals surface area contributed by atoms with Gasteiger partial charge >= 0.3 is 11.9 Å². The number of carboxylic acids is 1. The van der Waals surface area contributed by atoms with E-state index in [1.54, 1.807) is 0 Å². The summed E-state index contributed by atoms with van der Waals surface area (Å²) < 4.78 is 12.6. The first-order chi connectivity index (χ1) is 34.5. The average molecular weight is 1080 g/mol. The van der Waals surface area contributed by atoms with Crippen LogP contribution < -0.4 is 16.6 Å². The number of aliphatic hydroxyl groups is 4. The lowest BCUT2D eigenvalue weighted by atomic mass is 9.44. The number of ether oxygens (including phenoxy) is 2. The zero-order valence-corrected chi connectivity index (χ0v) is 47.8. The highest BCUT2D eigenvalue weighted by Crippen LogP contribution is 2.70. The summed E-state index contributed by atoms with van der Waals surface area (Å²) in [6, 6.07) is 0.289. The van der Waals surface area contributed by atoms with Gasteiger partial charge in [-0.05, 0) is 118 Å². The maximum absolute atomic E-state index is 13.5. The van der Waals surface area contributed by atoms with Crippen molar-refractivity contribution in [1.29, 1.82) is 0 Å². The van der Waals surface area contributed by atoms with Crippen LogP contribution in [-0.2, 0) is 33.4 Å². The molecule has 8 aliphatic rings. The van der Waals surface area contributed by atoms with E-state index in [0.29, 0.717) is 38.5 Å². The molecular weight excluding hydrogens is 981 g/mol. The topological polar surface area (TPSA) is 261 Å². The summed E-state index contributed by atoms with van der Waals surface area (Å²) in [5, 5.41) is 52.9. The number of thioether (sulfide) groups is 2. The van der Waals surface area contributed by atoms with Crippen molar-refractivity contribution in [2.45, 2.75) is 224 Å². The first kappa shape index (κ1) is 60.9. The van der Waals surface area contributed by atoms with Gasteiger partial charge in [0.15, 0.2) is 0 Å². The van der Waals surface area contributed by atoms with Gasteiger partial charge in [-0.15, -0.1) is 36.7 Å². The highest BCUT2D eigenvalue weighted by molar-refractivity contribution is 8.00. The molecule has 0 aromatic heterocycles. The van der Waals surface area contributed by atoms with Crippen molar-refractivity contribution in [2.75, 3.05) is 11.5 Å². The highest BCUT2D eigenvalue weighted by Gasteiger charge is 2.70. The van der Waals surface area contributed by atoms with Crippen LogP contribution in [0.1, 0.15) is 165 Å². The third-order valence-corrected chi connectivity index (χ3v) is 24.4. The van der Waals surface area contributed by atoms with Crippen molar-refractivity contribution in [3.63, 3.8) is 0 Å². The van der Waals surface area contributed by atoms with Crippen LogP contribution in [0, 0.1) is 68.0 Å². The summed E-state index contributed by atoms with van der Waals surface area (Å²) in [6.07, 6.45) is 12.4. The molecule has 0 aromatic rings. The van der Waals surface area contributed by atoms with Gasteiger partial charge < -0.3 is 51.3 Å². The van der Waals surface area contributed by atoms with E-state index < -0.39 is 64.3 Å². The summed E-state index contributed by atoms with van der Waals surface area (Å²) in [5.41, 5.74) is 7.25. The van der Waals surface area contributed by atoms with Crippen LogP contribution in [0.2, 0.25) is 0 Å². The quantitative estimate of drug-likeness (QED) is 0.112. The van der Waals surface area contributed by atoms with Crippen molar-refractivity contribution >= 4 is 53.0 Å². The van der Waals surface area contributed by atoms with Crippen LogP contribution in [-0.4, -0.2) is 121 Å². The fourth-order valence-corrected chi connectivity index (χ4v) is 18.6. The second kappa shape index (κ2) is 23.6. The lowest BCUT2D eigenvalue weighted by Gasteiger charge is -2.61. The Labute approximate surface area is 450 Å². The van der Waals surface area contributed by atoms with Crippen LogP contribution in [0.3, 0.4) is 0 Å². The molecule has 4 bridgehead atoms. The van der Waals surface area contributed by atoms with Crippen molar-refractivity contribution in [1.82, 2.24) is 0 Å². The monoisotopic (exact) mass is 1070 g/mol. The number of ketones is 2. The van der Waals surface area contributed by atoms with Crippen molar-refractivity contribution in [3.05, 3.63) is 25.3 Å². The van der Waals surface area contributed by atoms with Gasteiger partial charge in [-0.1, -0.05) is 67.5 Å². The Balaban J connectivity index is 0.000000225. The van der Waals surface area contributed by atoms with E-state index in [4.69, 9.17) is 25.1 Å². The van der Waals surface area contributed by atoms with E-state index in [1.807, 2.05) is 26.0 Å². The number of nitrogens with two attached hydrogens (primary N) is 1. The predicted octanol–water partition coefficient (Wildman–Crippen LogP) is 5.77. The number of carbonyl (C=O) groups excluding carboxylic acids is 5. The number of esters is 2. The maximum Gasteiger partial charge on any atom is 0.316 e. The molecule has 8 saturated carbocycles. The normalized spacial score (nSPS) is 47.7. The summed E-state index contributed by atoms with van der Waals surface area (Å²) in [4.78, 5) is 62.3. The van der Waals surface area contributed by atoms with Gasteiger partial charge in [-0.2, -0.15) is 0 Å². The number of Topliss-reactive ketones (excluding diaryl/α,β-unsaturated/α-hetero) is 2. The summed E-state index contributed by atoms with van der Waals surface area (Å²) >= 11 is 2.92. The fraction of sp³-hybridized carbons (Fsp3) is 0.845. The standard InChI is InChI=1S/2C28H45NO5S.C2H4O2/c2*1-6-26(4)14-22(34-23(32)15-35-21-8-7-18(29)13-20(21)31)27(5)16(2)9-11-28(17(3)25(26)33)12-10-19(30)24(27)28;1-2(3)4/h2*6,16-18,20-22,24-25,31,33H,1,7-15,29H2,2-5H3;1H3,(H,3,4)/t2*16?,17-,18+,20+,21+,22+,24-,25-,26+,27-,28-;/m00./s1. The average Bonchev–Trinajstić information content (AvgIpc) is 3.89. The number of aliphatic hydroxyl groups excluding tert-OH is 4. The minimum absolute atomic E-state index is 0.0194. The van der Waals surface area contributed by atoms with Gasteiger partial charge in [0, 0.05) is 81.7 Å². The molecule has 8 rings (SSSR count). The molecule has 8 aliphatic carbocycles. The second-order valence-electron chi connectivity index (χ2n) is 25.7. The maximum atomic E-state index is 13.5. The molecule has 0 aliphatic heterocycles. The van der Waals surface area contributed by atoms with E-state index in [0.717, 1.165) is 71.1 Å². The zero-order chi connectivity index (χ0) is 55.1. The van der Waals surface area contributed by atoms with Crippen LogP contribution >= 0.6 is 23.5 Å².